The zero-order chi connectivity index (χ0) is 29.1. The first kappa shape index (κ1) is 27.1. The Hall–Kier alpha value is -4.10. The van der Waals surface area contributed by atoms with Gasteiger partial charge >= 0.3 is 0 Å². The number of nitrogens with two attached hydrogens (primary N) is 1. The highest BCUT2D eigenvalue weighted by Gasteiger charge is 2.45. The van der Waals surface area contributed by atoms with Crippen LogP contribution in [0.15, 0.2) is 47.6 Å². The zero-order valence-electron chi connectivity index (χ0n) is 22.5. The highest BCUT2D eigenvalue weighted by atomic mass is 32.2. The molecule has 1 unspecified atom stereocenters. The lowest BCUT2D eigenvalue weighted by Gasteiger charge is -2.39. The summed E-state index contributed by atoms with van der Waals surface area (Å²) in [7, 11) is -2.37. The summed E-state index contributed by atoms with van der Waals surface area (Å²) in [5.74, 6) is -0.942. The number of aromatic nitrogens is 4. The number of hydrogen-bond acceptors (Lipinski definition) is 9. The number of nitrogens with zero attached hydrogens (tertiary/aromatic N) is 5. The fourth-order valence-corrected chi connectivity index (χ4v) is 7.38. The van der Waals surface area contributed by atoms with Crippen LogP contribution in [-0.2, 0) is 14.6 Å². The minimum Gasteiger partial charge on any atom is -0.494 e. The van der Waals surface area contributed by atoms with Gasteiger partial charge in [0.2, 0.25) is 5.91 Å². The maximum Gasteiger partial charge on any atom is 0.248 e. The van der Waals surface area contributed by atoms with Crippen molar-refractivity contribution in [1.29, 1.82) is 0 Å². The quantitative estimate of drug-likeness (QED) is 0.351. The number of anilines is 1. The maximum atomic E-state index is 14.2. The number of benzene rings is 1. The van der Waals surface area contributed by atoms with Crippen molar-refractivity contribution in [3.63, 3.8) is 0 Å². The lowest BCUT2D eigenvalue weighted by atomic mass is 9.87. The first-order valence-corrected chi connectivity index (χ1v) is 15.1. The average Bonchev–Trinajstić information content (AvgIpc) is 3.50. The van der Waals surface area contributed by atoms with Crippen LogP contribution < -0.4 is 10.5 Å². The number of carbonyl (C=O) groups excluding carboxylic acids is 1. The molecule has 0 radical (unpaired) electrons. The lowest BCUT2D eigenvalue weighted by molar-refractivity contribution is -0.138. The molecule has 0 spiro atoms. The van der Waals surface area contributed by atoms with Crippen LogP contribution in [0.3, 0.4) is 0 Å². The number of carbonyl (C=O) groups is 1. The number of fused-ring (bicyclic) bond motifs is 3. The van der Waals surface area contributed by atoms with E-state index in [4.69, 9.17) is 15.5 Å². The predicted molar refractivity (Wildman–Crippen MR) is 148 cm³/mol. The van der Waals surface area contributed by atoms with E-state index in [-0.39, 0.29) is 40.4 Å². The van der Waals surface area contributed by atoms with Crippen molar-refractivity contribution in [3.8, 4) is 28.1 Å². The van der Waals surface area contributed by atoms with Gasteiger partial charge in [-0.3, -0.25) is 9.78 Å². The van der Waals surface area contributed by atoms with E-state index in [2.05, 4.69) is 10.1 Å². The molecule has 41 heavy (non-hydrogen) atoms. The van der Waals surface area contributed by atoms with Crippen molar-refractivity contribution in [1.82, 2.24) is 24.5 Å². The van der Waals surface area contributed by atoms with Gasteiger partial charge in [0.15, 0.2) is 27.1 Å². The van der Waals surface area contributed by atoms with E-state index in [9.17, 15) is 22.7 Å². The van der Waals surface area contributed by atoms with Crippen LogP contribution in [0.5, 0.6) is 5.75 Å². The number of aliphatic hydroxyl groups excluding tert-OH is 1. The fraction of sp³-hybridized carbons (Fsp3) is 0.357. The first-order valence-electron chi connectivity index (χ1n) is 13.2. The van der Waals surface area contributed by atoms with Gasteiger partial charge in [0.05, 0.1) is 24.7 Å². The van der Waals surface area contributed by atoms with E-state index in [1.165, 1.54) is 23.8 Å². The molecule has 2 fully saturated rings. The molecule has 2 bridgehead atoms. The Morgan fingerprint density at radius 2 is 1.85 bits per heavy atom. The number of aliphatic hydroxyl groups is 1. The Bertz CT molecular complexity index is 1760. The Balaban J connectivity index is 1.41. The molecule has 6 rings (SSSR count). The van der Waals surface area contributed by atoms with Crippen LogP contribution in [-0.4, -0.2) is 76.0 Å². The van der Waals surface area contributed by atoms with Crippen molar-refractivity contribution < 1.29 is 27.4 Å². The standard InChI is InChI=1S/C28H29FN6O5S/c1-40-23-8-4-15(11-21(23)29)22-7-3-16(12-31-22)20-13-32-35-27(30)26(41(2,38)39)25(33-28(20)35)17-9-18-5-6-19(10-17)34(18)24(37)14-36/h3-4,7-8,11-13,17-19,36H,5-6,9-10,14,30H2,1-2H3/t17?,18-,19+. The van der Waals surface area contributed by atoms with Crippen LogP contribution in [0.1, 0.15) is 37.3 Å². The summed E-state index contributed by atoms with van der Waals surface area (Å²) >= 11 is 0. The number of piperidine rings is 1. The van der Waals surface area contributed by atoms with Gasteiger partial charge in [-0.25, -0.2) is 17.8 Å². The van der Waals surface area contributed by atoms with Crippen LogP contribution in [0.2, 0.25) is 0 Å². The summed E-state index contributed by atoms with van der Waals surface area (Å²) in [5.41, 5.74) is 9.61. The van der Waals surface area contributed by atoms with Gasteiger partial charge in [0.1, 0.15) is 17.3 Å². The number of ether oxygens (including phenoxy) is 1. The summed E-state index contributed by atoms with van der Waals surface area (Å²) in [5, 5.41) is 13.8. The number of methoxy groups -OCH3 is 1. The Kier molecular flexibility index (Phi) is 6.65. The van der Waals surface area contributed by atoms with Crippen molar-refractivity contribution in [2.45, 2.75) is 48.6 Å². The van der Waals surface area contributed by atoms with Crippen LogP contribution in [0.25, 0.3) is 28.0 Å². The van der Waals surface area contributed by atoms with Crippen LogP contribution in [0, 0.1) is 5.82 Å². The van der Waals surface area contributed by atoms with E-state index in [1.807, 2.05) is 6.07 Å². The summed E-state index contributed by atoms with van der Waals surface area (Å²) in [6, 6.07) is 7.96. The molecular weight excluding hydrogens is 551 g/mol. The lowest BCUT2D eigenvalue weighted by Crippen LogP contribution is -2.47. The van der Waals surface area contributed by atoms with E-state index < -0.39 is 22.3 Å². The summed E-state index contributed by atoms with van der Waals surface area (Å²) in [4.78, 5) is 23.4. The third-order valence-electron chi connectivity index (χ3n) is 8.10. The molecule has 2 aliphatic rings. The second-order valence-electron chi connectivity index (χ2n) is 10.6. The number of pyridine rings is 1. The molecule has 5 heterocycles. The number of hydrogen-bond donors (Lipinski definition) is 2. The predicted octanol–water partition coefficient (Wildman–Crippen LogP) is 2.82. The maximum absolute atomic E-state index is 14.2. The molecule has 1 aromatic carbocycles. The van der Waals surface area contributed by atoms with Gasteiger partial charge in [-0.05, 0) is 49.9 Å². The second kappa shape index (κ2) is 10.1. The smallest absolute Gasteiger partial charge is 0.248 e. The zero-order valence-corrected chi connectivity index (χ0v) is 23.3. The van der Waals surface area contributed by atoms with Crippen molar-refractivity contribution in [3.05, 3.63) is 54.2 Å². The van der Waals surface area contributed by atoms with Gasteiger partial charge < -0.3 is 20.5 Å². The molecular formula is C28H29FN6O5S. The van der Waals surface area contributed by atoms with Gasteiger partial charge in [-0.1, -0.05) is 6.07 Å². The Labute approximate surface area is 235 Å². The van der Waals surface area contributed by atoms with E-state index in [1.54, 1.807) is 29.4 Å². The Morgan fingerprint density at radius 1 is 1.15 bits per heavy atom. The third-order valence-corrected chi connectivity index (χ3v) is 9.26. The first-order chi connectivity index (χ1) is 19.6. The number of nitrogen functional groups attached to an aromatic ring is 1. The molecule has 11 nitrogen and oxygen atoms in total. The van der Waals surface area contributed by atoms with Gasteiger partial charge in [-0.15, -0.1) is 0 Å². The molecule has 0 saturated carbocycles. The monoisotopic (exact) mass is 580 g/mol. The van der Waals surface area contributed by atoms with E-state index in [0.717, 1.165) is 19.1 Å². The SMILES string of the molecule is COc1ccc(-c2ccc(-c3cnn4c(N)c(S(C)(=O)=O)c(C5C[C@H]6CC[C@@H](C5)N6C(=O)CO)nc34)cn2)cc1F. The van der Waals surface area contributed by atoms with Gasteiger partial charge in [0, 0.05) is 47.1 Å². The number of amides is 1. The minimum absolute atomic E-state index is 0.0294. The highest BCUT2D eigenvalue weighted by Crippen LogP contribution is 2.45. The van der Waals surface area contributed by atoms with E-state index in [0.29, 0.717) is 46.6 Å². The average molecular weight is 581 g/mol. The van der Waals surface area contributed by atoms with Crippen LogP contribution in [0.4, 0.5) is 10.2 Å². The summed E-state index contributed by atoms with van der Waals surface area (Å²) in [6.07, 6.45) is 6.89. The number of rotatable bonds is 6. The number of halogens is 1. The number of sulfone groups is 1. The second-order valence-corrected chi connectivity index (χ2v) is 12.5. The normalized spacial score (nSPS) is 20.5. The van der Waals surface area contributed by atoms with Gasteiger partial charge in [-0.2, -0.15) is 9.61 Å². The van der Waals surface area contributed by atoms with Gasteiger partial charge in [0.25, 0.3) is 0 Å². The van der Waals surface area contributed by atoms with Crippen molar-refractivity contribution in [2.75, 3.05) is 25.7 Å². The molecule has 2 saturated heterocycles. The molecule has 1 amide bonds. The molecule has 3 aromatic heterocycles. The minimum atomic E-state index is -3.78. The fourth-order valence-electron chi connectivity index (χ4n) is 6.32. The molecule has 214 valence electrons. The highest BCUT2D eigenvalue weighted by molar-refractivity contribution is 7.91. The van der Waals surface area contributed by atoms with Crippen molar-refractivity contribution in [2.24, 2.45) is 0 Å². The topological polar surface area (TPSA) is 153 Å². The summed E-state index contributed by atoms with van der Waals surface area (Å²) in [6.45, 7) is -0.553. The molecule has 3 atom stereocenters. The molecule has 0 aliphatic carbocycles. The summed E-state index contributed by atoms with van der Waals surface area (Å²) < 4.78 is 46.5. The Morgan fingerprint density at radius 3 is 2.44 bits per heavy atom. The largest absolute Gasteiger partial charge is 0.494 e. The molecule has 13 heteroatoms. The molecule has 4 aromatic rings. The van der Waals surface area contributed by atoms with Crippen LogP contribution >= 0.6 is 0 Å². The third kappa shape index (κ3) is 4.58. The van der Waals surface area contributed by atoms with Crippen molar-refractivity contribution >= 4 is 27.2 Å². The van der Waals surface area contributed by atoms with E-state index >= 15 is 0 Å². The molecule has 2 aliphatic heterocycles. The molecule has 3 N–H and O–H groups in total.